The minimum Gasteiger partial charge on any atom is -0.502 e. The summed E-state index contributed by atoms with van der Waals surface area (Å²) in [6, 6.07) is 3.45. The van der Waals surface area contributed by atoms with Crippen LogP contribution in [0, 0.1) is 10.1 Å². The van der Waals surface area contributed by atoms with E-state index in [0.717, 1.165) is 18.7 Å². The second-order valence-corrected chi connectivity index (χ2v) is 5.49. The molecule has 1 heterocycles. The molecule has 2 aromatic rings. The molecule has 3 N–H and O–H groups in total. The summed E-state index contributed by atoms with van der Waals surface area (Å²) in [6.07, 6.45) is 5.30. The van der Waals surface area contributed by atoms with Crippen LogP contribution in [0.15, 0.2) is 30.6 Å². The molecule has 0 saturated heterocycles. The summed E-state index contributed by atoms with van der Waals surface area (Å²) in [7, 11) is 0. The lowest BCUT2D eigenvalue weighted by molar-refractivity contribution is -0.385. The maximum atomic E-state index is 11.8. The predicted octanol–water partition coefficient (Wildman–Crippen LogP) is 2.29. The van der Waals surface area contributed by atoms with Gasteiger partial charge in [0, 0.05) is 18.5 Å². The number of nitrogens with zero attached hydrogens (tertiary/aromatic N) is 3. The van der Waals surface area contributed by atoms with Crippen LogP contribution in [0.5, 0.6) is 5.75 Å². The zero-order valence-corrected chi connectivity index (χ0v) is 12.6. The monoisotopic (exact) mass is 329 g/mol. The Kier molecular flexibility index (Phi) is 4.23. The van der Waals surface area contributed by atoms with E-state index in [0.29, 0.717) is 17.2 Å². The molecule has 1 saturated carbocycles. The molecule has 0 bridgehead atoms. The van der Waals surface area contributed by atoms with E-state index in [-0.39, 0.29) is 6.54 Å². The van der Waals surface area contributed by atoms with Gasteiger partial charge < -0.3 is 15.7 Å². The quantitative estimate of drug-likeness (QED) is 0.570. The average molecular weight is 329 g/mol. The Bertz CT molecular complexity index is 774. The van der Waals surface area contributed by atoms with Gasteiger partial charge in [0.25, 0.3) is 0 Å². The molecule has 24 heavy (non-hydrogen) atoms. The van der Waals surface area contributed by atoms with Crippen molar-refractivity contribution in [1.29, 1.82) is 0 Å². The third-order valence-electron chi connectivity index (χ3n) is 3.56. The Morgan fingerprint density at radius 2 is 2.04 bits per heavy atom. The number of rotatable bonds is 5. The number of nitro groups is 1. The number of carbonyl (C=O) groups is 1. The normalized spacial score (nSPS) is 13.3. The molecule has 0 radical (unpaired) electrons. The number of anilines is 1. The van der Waals surface area contributed by atoms with Crippen molar-refractivity contribution in [3.63, 3.8) is 0 Å². The maximum absolute atomic E-state index is 11.8. The summed E-state index contributed by atoms with van der Waals surface area (Å²) in [4.78, 5) is 30.3. The number of amides is 2. The molecule has 0 unspecified atom stereocenters. The Morgan fingerprint density at radius 3 is 2.67 bits per heavy atom. The van der Waals surface area contributed by atoms with Gasteiger partial charge in [-0.25, -0.2) is 14.8 Å². The molecule has 124 valence electrons. The number of phenols is 1. The first-order valence-electron chi connectivity index (χ1n) is 7.36. The first kappa shape index (κ1) is 15.7. The zero-order chi connectivity index (χ0) is 17.1. The largest absolute Gasteiger partial charge is 0.502 e. The molecule has 1 fully saturated rings. The molecule has 9 nitrogen and oxygen atoms in total. The number of hydrogen-bond acceptors (Lipinski definition) is 6. The van der Waals surface area contributed by atoms with E-state index in [4.69, 9.17) is 0 Å². The minimum absolute atomic E-state index is 0.0773. The van der Waals surface area contributed by atoms with Gasteiger partial charge in [-0.05, 0) is 24.5 Å². The number of carbonyl (C=O) groups excluding carboxylic acids is 1. The van der Waals surface area contributed by atoms with Crippen molar-refractivity contribution >= 4 is 17.4 Å². The summed E-state index contributed by atoms with van der Waals surface area (Å²) in [5.74, 6) is 0.816. The number of phenolic OH excluding ortho intramolecular Hbond substituents is 1. The number of hydrogen-bond donors (Lipinski definition) is 3. The first-order chi connectivity index (χ1) is 11.5. The Labute approximate surface area is 136 Å². The number of benzene rings is 1. The molecule has 1 aromatic carbocycles. The van der Waals surface area contributed by atoms with E-state index in [1.165, 1.54) is 18.2 Å². The second kappa shape index (κ2) is 6.49. The van der Waals surface area contributed by atoms with Crippen molar-refractivity contribution in [2.75, 3.05) is 5.32 Å². The number of nitrogens with one attached hydrogen (secondary N) is 2. The van der Waals surface area contributed by atoms with Crippen LogP contribution in [-0.2, 0) is 6.54 Å². The second-order valence-electron chi connectivity index (χ2n) is 5.49. The zero-order valence-electron chi connectivity index (χ0n) is 12.6. The number of aromatic hydroxyl groups is 1. The third-order valence-corrected chi connectivity index (χ3v) is 3.56. The summed E-state index contributed by atoms with van der Waals surface area (Å²) in [5.41, 5.74) is 0.558. The molecule has 2 amide bonds. The van der Waals surface area contributed by atoms with Gasteiger partial charge in [-0.3, -0.25) is 10.1 Å². The molecule has 1 aromatic heterocycles. The van der Waals surface area contributed by atoms with E-state index in [1.54, 1.807) is 12.4 Å². The van der Waals surface area contributed by atoms with Crippen LogP contribution in [0.1, 0.15) is 30.1 Å². The highest BCUT2D eigenvalue weighted by Gasteiger charge is 2.26. The molecule has 0 atom stereocenters. The third kappa shape index (κ3) is 3.75. The van der Waals surface area contributed by atoms with Gasteiger partial charge in [0.05, 0.1) is 23.0 Å². The Hall–Kier alpha value is -3.23. The molecular weight excluding hydrogens is 314 g/mol. The predicted molar refractivity (Wildman–Crippen MR) is 84.6 cm³/mol. The van der Waals surface area contributed by atoms with Crippen LogP contribution in [0.25, 0.3) is 0 Å². The van der Waals surface area contributed by atoms with Gasteiger partial charge in [0.2, 0.25) is 0 Å². The fourth-order valence-electron chi connectivity index (χ4n) is 2.14. The van der Waals surface area contributed by atoms with Gasteiger partial charge in [-0.2, -0.15) is 0 Å². The number of aromatic nitrogens is 2. The van der Waals surface area contributed by atoms with Crippen molar-refractivity contribution in [3.8, 4) is 5.75 Å². The van der Waals surface area contributed by atoms with Gasteiger partial charge in [0.1, 0.15) is 5.82 Å². The molecular formula is C15H15N5O4. The van der Waals surface area contributed by atoms with E-state index in [1.807, 2.05) is 0 Å². The SMILES string of the molecule is O=C(NCc1ccc(O)c([N+](=O)[O-])c1)Nc1cnc(C2CC2)nc1. The van der Waals surface area contributed by atoms with Crippen molar-refractivity contribution < 1.29 is 14.8 Å². The van der Waals surface area contributed by atoms with Gasteiger partial charge in [-0.15, -0.1) is 0 Å². The van der Waals surface area contributed by atoms with E-state index in [9.17, 15) is 20.0 Å². The van der Waals surface area contributed by atoms with Gasteiger partial charge >= 0.3 is 11.7 Å². The van der Waals surface area contributed by atoms with Crippen LogP contribution in [-0.4, -0.2) is 26.0 Å². The molecule has 0 spiro atoms. The fraction of sp³-hybridized carbons (Fsp3) is 0.267. The standard InChI is InChI=1S/C15H15N5O4/c21-13-4-1-9(5-12(13)20(23)24)6-18-15(22)19-11-7-16-14(17-8-11)10-2-3-10/h1,4-5,7-8,10,21H,2-3,6H2,(H2,18,19,22). The van der Waals surface area contributed by atoms with Crippen LogP contribution in [0.4, 0.5) is 16.2 Å². The molecule has 1 aliphatic rings. The van der Waals surface area contributed by atoms with Crippen molar-refractivity contribution in [2.45, 2.75) is 25.3 Å². The Morgan fingerprint density at radius 1 is 1.33 bits per heavy atom. The molecule has 0 aliphatic heterocycles. The molecule has 1 aliphatic carbocycles. The van der Waals surface area contributed by atoms with Crippen molar-refractivity contribution in [2.24, 2.45) is 0 Å². The fourth-order valence-corrected chi connectivity index (χ4v) is 2.14. The molecule has 9 heteroatoms. The first-order valence-corrected chi connectivity index (χ1v) is 7.36. The van der Waals surface area contributed by atoms with Gasteiger partial charge in [0.15, 0.2) is 5.75 Å². The van der Waals surface area contributed by atoms with Crippen LogP contribution in [0.2, 0.25) is 0 Å². The molecule has 3 rings (SSSR count). The lowest BCUT2D eigenvalue weighted by atomic mass is 10.2. The minimum atomic E-state index is -0.683. The smallest absolute Gasteiger partial charge is 0.319 e. The lowest BCUT2D eigenvalue weighted by Gasteiger charge is -2.08. The van der Waals surface area contributed by atoms with E-state index < -0.39 is 22.4 Å². The summed E-state index contributed by atoms with van der Waals surface area (Å²) < 4.78 is 0. The highest BCUT2D eigenvalue weighted by molar-refractivity contribution is 5.88. The van der Waals surface area contributed by atoms with Gasteiger partial charge in [-0.1, -0.05) is 6.07 Å². The highest BCUT2D eigenvalue weighted by Crippen LogP contribution is 2.37. The van der Waals surface area contributed by atoms with Crippen LogP contribution < -0.4 is 10.6 Å². The van der Waals surface area contributed by atoms with Crippen LogP contribution >= 0.6 is 0 Å². The summed E-state index contributed by atoms with van der Waals surface area (Å²) >= 11 is 0. The van der Waals surface area contributed by atoms with E-state index >= 15 is 0 Å². The van der Waals surface area contributed by atoms with Crippen molar-refractivity contribution in [1.82, 2.24) is 15.3 Å². The maximum Gasteiger partial charge on any atom is 0.319 e. The summed E-state index contributed by atoms with van der Waals surface area (Å²) in [6.45, 7) is 0.0773. The Balaban J connectivity index is 1.55. The summed E-state index contributed by atoms with van der Waals surface area (Å²) in [5, 5.41) is 25.3. The van der Waals surface area contributed by atoms with Crippen LogP contribution in [0.3, 0.4) is 0 Å². The topological polar surface area (TPSA) is 130 Å². The van der Waals surface area contributed by atoms with Crippen molar-refractivity contribution in [3.05, 3.63) is 52.1 Å². The van der Waals surface area contributed by atoms with E-state index in [2.05, 4.69) is 20.6 Å². The lowest BCUT2D eigenvalue weighted by Crippen LogP contribution is -2.28. The number of nitro benzene ring substituents is 1. The highest BCUT2D eigenvalue weighted by atomic mass is 16.6. The average Bonchev–Trinajstić information content (AvgIpc) is 3.39. The number of urea groups is 1.